The summed E-state index contributed by atoms with van der Waals surface area (Å²) in [6.45, 7) is 2.82. The van der Waals surface area contributed by atoms with Gasteiger partial charge in [0.1, 0.15) is 11.6 Å². The minimum atomic E-state index is -3.46. The van der Waals surface area contributed by atoms with E-state index in [1.807, 2.05) is 0 Å². The molecular formula is C16H21N3O3S. The van der Waals surface area contributed by atoms with Gasteiger partial charge in [-0.2, -0.15) is 4.31 Å². The Hall–Kier alpha value is -1.86. The first-order chi connectivity index (χ1) is 11.0. The second-order valence-corrected chi connectivity index (χ2v) is 7.69. The maximum absolute atomic E-state index is 12.9. The number of rotatable bonds is 4. The van der Waals surface area contributed by atoms with Gasteiger partial charge in [0.05, 0.1) is 12.0 Å². The van der Waals surface area contributed by atoms with Crippen molar-refractivity contribution in [2.75, 3.05) is 20.2 Å². The van der Waals surface area contributed by atoms with Crippen molar-refractivity contribution in [2.45, 2.75) is 30.6 Å². The van der Waals surface area contributed by atoms with E-state index < -0.39 is 10.0 Å². The molecule has 2 heterocycles. The summed E-state index contributed by atoms with van der Waals surface area (Å²) in [6.07, 6.45) is 5.10. The van der Waals surface area contributed by atoms with Gasteiger partial charge in [-0.05, 0) is 43.5 Å². The van der Waals surface area contributed by atoms with E-state index in [0.29, 0.717) is 35.2 Å². The van der Waals surface area contributed by atoms with Crippen LogP contribution in [0.1, 0.15) is 30.1 Å². The van der Waals surface area contributed by atoms with Gasteiger partial charge in [0.15, 0.2) is 0 Å². The topological polar surface area (TPSA) is 75.3 Å². The highest BCUT2D eigenvalue weighted by molar-refractivity contribution is 7.89. The Morgan fingerprint density at radius 1 is 1.30 bits per heavy atom. The Bertz CT molecular complexity index is 764. The number of H-pyrrole nitrogens is 1. The minimum Gasteiger partial charge on any atom is -0.497 e. The zero-order valence-corrected chi connectivity index (χ0v) is 14.1. The van der Waals surface area contributed by atoms with Crippen molar-refractivity contribution in [1.82, 2.24) is 14.3 Å². The monoisotopic (exact) mass is 335 g/mol. The number of benzene rings is 1. The van der Waals surface area contributed by atoms with E-state index in [9.17, 15) is 8.42 Å². The maximum Gasteiger partial charge on any atom is 0.243 e. The number of aromatic amines is 1. The summed E-state index contributed by atoms with van der Waals surface area (Å²) in [5.74, 6) is 1.91. The molecule has 1 aliphatic rings. The number of imidazole rings is 1. The van der Waals surface area contributed by atoms with E-state index >= 15 is 0 Å². The number of nitrogens with zero attached hydrogens (tertiary/aromatic N) is 2. The molecule has 0 radical (unpaired) electrons. The summed E-state index contributed by atoms with van der Waals surface area (Å²) < 4.78 is 32.4. The zero-order valence-electron chi connectivity index (χ0n) is 13.3. The fourth-order valence-electron chi connectivity index (χ4n) is 3.05. The van der Waals surface area contributed by atoms with Crippen molar-refractivity contribution in [1.29, 1.82) is 0 Å². The third-order valence-corrected chi connectivity index (χ3v) is 6.42. The van der Waals surface area contributed by atoms with Crippen LogP contribution in [0.15, 0.2) is 35.5 Å². The predicted molar refractivity (Wildman–Crippen MR) is 87.1 cm³/mol. The molecule has 0 atom stereocenters. The number of sulfonamides is 1. The fraction of sp³-hybridized carbons (Fsp3) is 0.438. The van der Waals surface area contributed by atoms with Gasteiger partial charge in [-0.15, -0.1) is 0 Å². The first kappa shape index (κ1) is 16.0. The first-order valence-electron chi connectivity index (χ1n) is 7.66. The molecule has 2 aromatic rings. The number of hydrogen-bond donors (Lipinski definition) is 1. The van der Waals surface area contributed by atoms with Crippen molar-refractivity contribution in [2.24, 2.45) is 0 Å². The van der Waals surface area contributed by atoms with Crippen LogP contribution in [-0.2, 0) is 10.0 Å². The van der Waals surface area contributed by atoms with E-state index in [4.69, 9.17) is 4.74 Å². The van der Waals surface area contributed by atoms with Crippen LogP contribution in [0, 0.1) is 6.92 Å². The Kier molecular flexibility index (Phi) is 4.41. The Morgan fingerprint density at radius 2 is 2.04 bits per heavy atom. The number of aryl methyl sites for hydroxylation is 1. The van der Waals surface area contributed by atoms with Crippen LogP contribution in [0.3, 0.4) is 0 Å². The van der Waals surface area contributed by atoms with Gasteiger partial charge in [-0.1, -0.05) is 0 Å². The van der Waals surface area contributed by atoms with Gasteiger partial charge in [-0.25, -0.2) is 13.4 Å². The third kappa shape index (κ3) is 3.11. The lowest BCUT2D eigenvalue weighted by Crippen LogP contribution is -2.38. The summed E-state index contributed by atoms with van der Waals surface area (Å²) in [5, 5.41) is 0. The lowest BCUT2D eigenvalue weighted by Gasteiger charge is -2.30. The number of piperidine rings is 1. The van der Waals surface area contributed by atoms with Gasteiger partial charge in [0.2, 0.25) is 10.0 Å². The van der Waals surface area contributed by atoms with Crippen molar-refractivity contribution in [3.05, 3.63) is 42.0 Å². The maximum atomic E-state index is 12.9. The minimum absolute atomic E-state index is 0.299. The standard InChI is InChI=1S/C16H21N3O3S/c1-12-11-14(22-2)3-4-15(12)23(20,21)19-9-5-13(6-10-19)16-17-7-8-18-16/h3-4,7-8,11,13H,5-6,9-10H2,1-2H3,(H,17,18). The van der Waals surface area contributed by atoms with Gasteiger partial charge < -0.3 is 9.72 Å². The summed E-state index contributed by atoms with van der Waals surface area (Å²) in [6, 6.07) is 5.07. The number of aromatic nitrogens is 2. The van der Waals surface area contributed by atoms with E-state index in [2.05, 4.69) is 9.97 Å². The summed E-state index contributed by atoms with van der Waals surface area (Å²) in [5.41, 5.74) is 0.706. The van der Waals surface area contributed by atoms with Crippen molar-refractivity contribution < 1.29 is 13.2 Å². The fourth-order valence-corrected chi connectivity index (χ4v) is 4.72. The Labute approximate surface area is 136 Å². The highest BCUT2D eigenvalue weighted by atomic mass is 32.2. The molecule has 1 aliphatic heterocycles. The molecule has 1 aromatic heterocycles. The highest BCUT2D eigenvalue weighted by Crippen LogP contribution is 2.30. The number of hydrogen-bond acceptors (Lipinski definition) is 4. The largest absolute Gasteiger partial charge is 0.497 e. The zero-order chi connectivity index (χ0) is 16.4. The van der Waals surface area contributed by atoms with Crippen LogP contribution < -0.4 is 4.74 Å². The molecule has 124 valence electrons. The quantitative estimate of drug-likeness (QED) is 0.930. The Morgan fingerprint density at radius 3 is 2.61 bits per heavy atom. The first-order valence-corrected chi connectivity index (χ1v) is 9.10. The molecular weight excluding hydrogens is 314 g/mol. The van der Waals surface area contributed by atoms with Crippen LogP contribution >= 0.6 is 0 Å². The molecule has 7 heteroatoms. The molecule has 6 nitrogen and oxygen atoms in total. The summed E-state index contributed by atoms with van der Waals surface area (Å²) in [7, 11) is -1.89. The van der Waals surface area contributed by atoms with Crippen LogP contribution in [0.2, 0.25) is 0 Å². The summed E-state index contributed by atoms with van der Waals surface area (Å²) in [4.78, 5) is 7.76. The van der Waals surface area contributed by atoms with Crippen LogP contribution in [-0.4, -0.2) is 42.9 Å². The van der Waals surface area contributed by atoms with Gasteiger partial charge in [0.25, 0.3) is 0 Å². The van der Waals surface area contributed by atoms with Crippen LogP contribution in [0.4, 0.5) is 0 Å². The molecule has 23 heavy (non-hydrogen) atoms. The van der Waals surface area contributed by atoms with Crippen LogP contribution in [0.5, 0.6) is 5.75 Å². The number of ether oxygens (including phenoxy) is 1. The van der Waals surface area contributed by atoms with E-state index in [0.717, 1.165) is 18.7 Å². The highest BCUT2D eigenvalue weighted by Gasteiger charge is 2.31. The second-order valence-electron chi connectivity index (χ2n) is 5.78. The van der Waals surface area contributed by atoms with Crippen molar-refractivity contribution >= 4 is 10.0 Å². The molecule has 1 N–H and O–H groups in total. The number of methoxy groups -OCH3 is 1. The van der Waals surface area contributed by atoms with Crippen molar-refractivity contribution in [3.63, 3.8) is 0 Å². The SMILES string of the molecule is COc1ccc(S(=O)(=O)N2CCC(c3ncc[nH]3)CC2)c(C)c1. The lowest BCUT2D eigenvalue weighted by atomic mass is 9.98. The average Bonchev–Trinajstić information content (AvgIpc) is 3.09. The van der Waals surface area contributed by atoms with E-state index in [1.54, 1.807) is 48.9 Å². The smallest absolute Gasteiger partial charge is 0.243 e. The van der Waals surface area contributed by atoms with Gasteiger partial charge in [-0.3, -0.25) is 0 Å². The molecule has 0 amide bonds. The summed E-state index contributed by atoms with van der Waals surface area (Å²) >= 11 is 0. The second kappa shape index (κ2) is 6.33. The molecule has 0 saturated carbocycles. The van der Waals surface area contributed by atoms with E-state index in [1.165, 1.54) is 0 Å². The molecule has 1 saturated heterocycles. The molecule has 1 fully saturated rings. The van der Waals surface area contributed by atoms with Crippen molar-refractivity contribution in [3.8, 4) is 5.75 Å². The van der Waals surface area contributed by atoms with Gasteiger partial charge in [0, 0.05) is 31.4 Å². The normalized spacial score (nSPS) is 17.3. The van der Waals surface area contributed by atoms with Gasteiger partial charge >= 0.3 is 0 Å². The molecule has 0 spiro atoms. The molecule has 0 aliphatic carbocycles. The lowest BCUT2D eigenvalue weighted by molar-refractivity contribution is 0.314. The third-order valence-electron chi connectivity index (χ3n) is 4.36. The molecule has 1 aromatic carbocycles. The molecule has 0 unspecified atom stereocenters. The van der Waals surface area contributed by atoms with Crippen LogP contribution in [0.25, 0.3) is 0 Å². The predicted octanol–water partition coefficient (Wildman–Crippen LogP) is 2.30. The van der Waals surface area contributed by atoms with E-state index in [-0.39, 0.29) is 0 Å². The molecule has 0 bridgehead atoms. The Balaban J connectivity index is 1.76. The average molecular weight is 335 g/mol. The molecule has 3 rings (SSSR count). The number of nitrogens with one attached hydrogen (secondary N) is 1.